The topological polar surface area (TPSA) is 0 Å². The van der Waals surface area contributed by atoms with Crippen LogP contribution in [0.25, 0.3) is 33.7 Å². The molecule has 0 unspecified atom stereocenters. The van der Waals surface area contributed by atoms with E-state index < -0.39 is 0 Å². The number of hydrogen-bond acceptors (Lipinski definition) is 0. The van der Waals surface area contributed by atoms with Gasteiger partial charge in [-0.15, -0.1) is 0 Å². The lowest BCUT2D eigenvalue weighted by Crippen LogP contribution is -1.79. The Bertz CT molecular complexity index is 1070. The largest absolute Gasteiger partial charge is 0.0587 e. The maximum Gasteiger partial charge on any atom is -0.0175 e. The third-order valence-electron chi connectivity index (χ3n) is 4.51. The summed E-state index contributed by atoms with van der Waals surface area (Å²) >= 11 is 0. The minimum atomic E-state index is 1.23. The van der Waals surface area contributed by atoms with E-state index in [2.05, 4.69) is 98.8 Å². The van der Waals surface area contributed by atoms with Gasteiger partial charge in [-0.3, -0.25) is 0 Å². The summed E-state index contributed by atoms with van der Waals surface area (Å²) in [6.45, 7) is 4.27. The normalized spacial score (nSPS) is 11.6. The van der Waals surface area contributed by atoms with E-state index in [1.807, 2.05) is 0 Å². The Balaban J connectivity index is 1.68. The lowest BCUT2D eigenvalue weighted by Gasteiger charge is -2.03. The van der Waals surface area contributed by atoms with E-state index in [1.54, 1.807) is 0 Å². The average Bonchev–Trinajstić information content (AvgIpc) is 2.59. The van der Waals surface area contributed by atoms with Crippen molar-refractivity contribution >= 4 is 33.7 Å². The van der Waals surface area contributed by atoms with Gasteiger partial charge in [-0.2, -0.15) is 0 Å². The zero-order chi connectivity index (χ0) is 16.5. The molecule has 0 saturated carbocycles. The maximum absolute atomic E-state index is 2.25. The summed E-state index contributed by atoms with van der Waals surface area (Å²) in [5.41, 5.74) is 5.07. The summed E-state index contributed by atoms with van der Waals surface area (Å²) in [5, 5.41) is 5.18. The monoisotopic (exact) mass is 308 g/mol. The van der Waals surface area contributed by atoms with Crippen molar-refractivity contribution in [1.29, 1.82) is 0 Å². The van der Waals surface area contributed by atoms with E-state index in [0.29, 0.717) is 0 Å². The molecular weight excluding hydrogens is 288 g/mol. The number of fused-ring (bicyclic) bond motifs is 2. The zero-order valence-corrected chi connectivity index (χ0v) is 14.1. The minimum absolute atomic E-state index is 1.23. The first-order chi connectivity index (χ1) is 11.7. The van der Waals surface area contributed by atoms with Gasteiger partial charge in [0.25, 0.3) is 0 Å². The smallest absolute Gasteiger partial charge is 0.0175 e. The molecule has 0 saturated heterocycles. The van der Waals surface area contributed by atoms with Gasteiger partial charge in [0.15, 0.2) is 0 Å². The van der Waals surface area contributed by atoms with Gasteiger partial charge in [0, 0.05) is 0 Å². The fraction of sp³-hybridized carbons (Fsp3) is 0.0833. The Morgan fingerprint density at radius 2 is 0.917 bits per heavy atom. The molecule has 0 heteroatoms. The van der Waals surface area contributed by atoms with Crippen molar-refractivity contribution in [2.45, 2.75) is 13.8 Å². The molecule has 0 aromatic heterocycles. The van der Waals surface area contributed by atoms with Gasteiger partial charge in [-0.05, 0) is 58.7 Å². The van der Waals surface area contributed by atoms with Crippen molar-refractivity contribution in [3.63, 3.8) is 0 Å². The number of rotatable bonds is 2. The van der Waals surface area contributed by atoms with Crippen LogP contribution in [0.15, 0.2) is 72.8 Å². The second kappa shape index (κ2) is 5.98. The molecule has 0 aliphatic rings. The van der Waals surface area contributed by atoms with Crippen LogP contribution in [0.2, 0.25) is 0 Å². The minimum Gasteiger partial charge on any atom is -0.0587 e. The second-order valence-electron chi connectivity index (χ2n) is 6.55. The molecule has 0 N–H and O–H groups in total. The standard InChI is InChI=1S/C24H20/c1-17-4-10-23-15-19(8-12-22(23)13-17)5-6-20-7-11-21-9-3-18(2)14-24(21)16-20/h3-16H,1-2H3. The maximum atomic E-state index is 2.25. The summed E-state index contributed by atoms with van der Waals surface area (Å²) in [6, 6.07) is 26.4. The Morgan fingerprint density at radius 1 is 0.458 bits per heavy atom. The SMILES string of the molecule is Cc1ccc2cc(C=Cc3ccc4ccc(C)cc4c3)ccc2c1. The van der Waals surface area contributed by atoms with Gasteiger partial charge in [0.05, 0.1) is 0 Å². The van der Waals surface area contributed by atoms with Crippen LogP contribution in [0.1, 0.15) is 22.3 Å². The molecule has 0 amide bonds. The molecule has 0 radical (unpaired) electrons. The molecule has 24 heavy (non-hydrogen) atoms. The molecule has 4 aromatic carbocycles. The van der Waals surface area contributed by atoms with E-state index in [-0.39, 0.29) is 0 Å². The quantitative estimate of drug-likeness (QED) is 0.358. The van der Waals surface area contributed by atoms with Gasteiger partial charge in [-0.1, -0.05) is 83.9 Å². The van der Waals surface area contributed by atoms with Crippen molar-refractivity contribution in [3.8, 4) is 0 Å². The van der Waals surface area contributed by atoms with E-state index in [4.69, 9.17) is 0 Å². The van der Waals surface area contributed by atoms with Gasteiger partial charge in [-0.25, -0.2) is 0 Å². The predicted octanol–water partition coefficient (Wildman–Crippen LogP) is 6.78. The average molecular weight is 308 g/mol. The van der Waals surface area contributed by atoms with Crippen molar-refractivity contribution in [2.24, 2.45) is 0 Å². The van der Waals surface area contributed by atoms with Gasteiger partial charge >= 0.3 is 0 Å². The van der Waals surface area contributed by atoms with Crippen LogP contribution < -0.4 is 0 Å². The Morgan fingerprint density at radius 3 is 1.62 bits per heavy atom. The summed E-state index contributed by atoms with van der Waals surface area (Å²) < 4.78 is 0. The molecule has 0 spiro atoms. The van der Waals surface area contributed by atoms with Crippen LogP contribution in [-0.2, 0) is 0 Å². The van der Waals surface area contributed by atoms with Crippen molar-refractivity contribution in [1.82, 2.24) is 0 Å². The molecule has 0 aliphatic heterocycles. The molecule has 0 nitrogen and oxygen atoms in total. The van der Waals surface area contributed by atoms with E-state index in [1.165, 1.54) is 43.8 Å². The second-order valence-corrected chi connectivity index (χ2v) is 6.55. The van der Waals surface area contributed by atoms with Crippen LogP contribution in [0.3, 0.4) is 0 Å². The number of benzene rings is 4. The van der Waals surface area contributed by atoms with Crippen molar-refractivity contribution in [3.05, 3.63) is 95.1 Å². The molecule has 4 aromatic rings. The first kappa shape index (κ1) is 14.7. The third-order valence-corrected chi connectivity index (χ3v) is 4.51. The Kier molecular flexibility index (Phi) is 3.66. The van der Waals surface area contributed by atoms with Crippen LogP contribution in [-0.4, -0.2) is 0 Å². The van der Waals surface area contributed by atoms with E-state index in [9.17, 15) is 0 Å². The highest BCUT2D eigenvalue weighted by molar-refractivity contribution is 5.88. The molecular formula is C24H20. The first-order valence-corrected chi connectivity index (χ1v) is 8.36. The molecule has 0 fully saturated rings. The summed E-state index contributed by atoms with van der Waals surface area (Å²) in [5.74, 6) is 0. The number of aryl methyl sites for hydroxylation is 2. The molecule has 0 aliphatic carbocycles. The lowest BCUT2D eigenvalue weighted by atomic mass is 10.0. The third kappa shape index (κ3) is 2.96. The highest BCUT2D eigenvalue weighted by atomic mass is 14.0. The summed E-state index contributed by atoms with van der Waals surface area (Å²) in [4.78, 5) is 0. The zero-order valence-electron chi connectivity index (χ0n) is 14.1. The fourth-order valence-corrected chi connectivity index (χ4v) is 3.17. The van der Waals surface area contributed by atoms with Crippen LogP contribution in [0, 0.1) is 13.8 Å². The highest BCUT2D eigenvalue weighted by Gasteiger charge is 1.97. The van der Waals surface area contributed by atoms with Crippen molar-refractivity contribution in [2.75, 3.05) is 0 Å². The van der Waals surface area contributed by atoms with Gasteiger partial charge in [0.1, 0.15) is 0 Å². The highest BCUT2D eigenvalue weighted by Crippen LogP contribution is 2.21. The van der Waals surface area contributed by atoms with Crippen molar-refractivity contribution < 1.29 is 0 Å². The molecule has 0 atom stereocenters. The van der Waals surface area contributed by atoms with Gasteiger partial charge in [0.2, 0.25) is 0 Å². The fourth-order valence-electron chi connectivity index (χ4n) is 3.17. The van der Waals surface area contributed by atoms with Crippen LogP contribution >= 0.6 is 0 Å². The lowest BCUT2D eigenvalue weighted by molar-refractivity contribution is 1.50. The van der Waals surface area contributed by atoms with Crippen LogP contribution in [0.4, 0.5) is 0 Å². The molecule has 0 bridgehead atoms. The summed E-state index contributed by atoms with van der Waals surface area (Å²) in [7, 11) is 0. The Labute approximate surface area is 143 Å². The number of hydrogen-bond donors (Lipinski definition) is 0. The van der Waals surface area contributed by atoms with Gasteiger partial charge < -0.3 is 0 Å². The summed E-state index contributed by atoms with van der Waals surface area (Å²) in [6.07, 6.45) is 4.38. The molecule has 4 rings (SSSR count). The van der Waals surface area contributed by atoms with E-state index >= 15 is 0 Å². The van der Waals surface area contributed by atoms with E-state index in [0.717, 1.165) is 0 Å². The predicted molar refractivity (Wildman–Crippen MR) is 106 cm³/mol. The Hall–Kier alpha value is -2.86. The van der Waals surface area contributed by atoms with Crippen LogP contribution in [0.5, 0.6) is 0 Å². The first-order valence-electron chi connectivity index (χ1n) is 8.36. The molecule has 0 heterocycles. The molecule has 116 valence electrons.